The highest BCUT2D eigenvalue weighted by Crippen LogP contribution is 2.47. The second-order valence-corrected chi connectivity index (χ2v) is 14.7. The molecule has 6 heterocycles. The van der Waals surface area contributed by atoms with Crippen LogP contribution < -0.4 is 18.5 Å². The number of fused-ring (bicyclic) bond motifs is 2. The molecule has 240 valence electrons. The monoisotopic (exact) mass is 662 g/mol. The number of rotatable bonds is 6. The van der Waals surface area contributed by atoms with Crippen molar-refractivity contribution < 1.29 is 23.2 Å². The number of benzene rings is 2. The predicted octanol–water partition coefficient (Wildman–Crippen LogP) is 5.05. The van der Waals surface area contributed by atoms with Crippen LogP contribution in [0.15, 0.2) is 54.7 Å². The first kappa shape index (κ1) is 29.7. The molecule has 13 heteroatoms. The summed E-state index contributed by atoms with van der Waals surface area (Å²) in [6.07, 6.45) is 2.97. The van der Waals surface area contributed by atoms with Crippen molar-refractivity contribution in [2.75, 3.05) is 37.2 Å². The number of amides is 1. The number of pyridine rings is 1. The molecule has 3 saturated heterocycles. The molecule has 3 atom stereocenters. The van der Waals surface area contributed by atoms with Crippen molar-refractivity contribution >= 4 is 45.4 Å². The van der Waals surface area contributed by atoms with E-state index in [-0.39, 0.29) is 23.9 Å². The van der Waals surface area contributed by atoms with Crippen LogP contribution in [0.1, 0.15) is 62.0 Å². The van der Waals surface area contributed by atoms with Gasteiger partial charge in [0.05, 0.1) is 47.5 Å². The molecule has 4 aromatic rings. The lowest BCUT2D eigenvalue weighted by Gasteiger charge is -2.33. The molecule has 8 rings (SSSR count). The molecule has 4 aliphatic rings. The number of ether oxygens (including phenoxy) is 3. The number of carbonyl (C=O) groups excluding carboxylic acids is 1. The van der Waals surface area contributed by atoms with Crippen molar-refractivity contribution in [2.45, 2.75) is 51.5 Å². The molecule has 4 aliphatic heterocycles. The van der Waals surface area contributed by atoms with Gasteiger partial charge in [0.1, 0.15) is 18.1 Å². The first-order chi connectivity index (χ1) is 22.2. The Hall–Kier alpha value is -3.71. The Kier molecular flexibility index (Phi) is 7.43. The van der Waals surface area contributed by atoms with Crippen LogP contribution in [0.4, 0.5) is 5.69 Å². The van der Waals surface area contributed by atoms with Gasteiger partial charge in [-0.05, 0) is 68.2 Å². The molecule has 1 N–H and O–H groups in total. The van der Waals surface area contributed by atoms with E-state index in [1.165, 1.54) is 5.56 Å². The quantitative estimate of drug-likeness (QED) is 0.306. The molecule has 0 bridgehead atoms. The van der Waals surface area contributed by atoms with Crippen LogP contribution in [0.2, 0.25) is 5.02 Å². The van der Waals surface area contributed by atoms with Crippen LogP contribution in [-0.4, -0.2) is 62.4 Å². The van der Waals surface area contributed by atoms with Gasteiger partial charge in [-0.25, -0.2) is 9.19 Å². The molecule has 3 fully saturated rings. The summed E-state index contributed by atoms with van der Waals surface area (Å²) in [6.45, 7) is 8.31. The topological polar surface area (TPSA) is 111 Å². The lowest BCUT2D eigenvalue weighted by Crippen LogP contribution is -2.35. The van der Waals surface area contributed by atoms with Crippen LogP contribution in [0, 0.1) is 5.41 Å². The summed E-state index contributed by atoms with van der Waals surface area (Å²) < 4.78 is 37.4. The molecule has 0 aliphatic carbocycles. The number of nitrogens with one attached hydrogen (secondary N) is 1. The lowest BCUT2D eigenvalue weighted by atomic mass is 9.87. The Bertz CT molecular complexity index is 1840. The minimum Gasteiger partial charge on any atom is -0.445 e. The van der Waals surface area contributed by atoms with E-state index in [4.69, 9.17) is 30.8 Å². The molecule has 0 radical (unpaired) electrons. The Morgan fingerprint density at radius 3 is 2.67 bits per heavy atom. The van der Waals surface area contributed by atoms with Gasteiger partial charge in [0.2, 0.25) is 11.2 Å². The highest BCUT2D eigenvalue weighted by Gasteiger charge is 2.40. The van der Waals surface area contributed by atoms with Crippen molar-refractivity contribution in [3.63, 3.8) is 0 Å². The van der Waals surface area contributed by atoms with Gasteiger partial charge in [0.15, 0.2) is 11.5 Å². The number of hydrogen-bond acceptors (Lipinski definition) is 8. The summed E-state index contributed by atoms with van der Waals surface area (Å²) >= 11 is 4.44. The van der Waals surface area contributed by atoms with Gasteiger partial charge < -0.3 is 18.8 Å². The number of likely N-dealkylation sites (tertiary alicyclic amines) is 1. The third-order valence-electron chi connectivity index (χ3n) is 9.54. The van der Waals surface area contributed by atoms with E-state index in [2.05, 4.69) is 39.1 Å². The smallest absolute Gasteiger partial charge is 0.284 e. The summed E-state index contributed by atoms with van der Waals surface area (Å²) in [6, 6.07) is 15.7. The van der Waals surface area contributed by atoms with E-state index in [0.29, 0.717) is 36.4 Å². The van der Waals surface area contributed by atoms with E-state index in [9.17, 15) is 9.00 Å². The molecule has 11 nitrogen and oxygen atoms in total. The third kappa shape index (κ3) is 5.30. The summed E-state index contributed by atoms with van der Waals surface area (Å²) in [4.78, 5) is 23.9. The number of halogens is 1. The molecule has 1 amide bonds. The maximum atomic E-state index is 12.6. The van der Waals surface area contributed by atoms with Crippen molar-refractivity contribution in [1.29, 1.82) is 0 Å². The number of aromatic nitrogens is 3. The Morgan fingerprint density at radius 2 is 1.96 bits per heavy atom. The van der Waals surface area contributed by atoms with E-state index < -0.39 is 17.5 Å². The normalized spacial score (nSPS) is 24.6. The maximum absolute atomic E-state index is 12.6. The number of anilines is 1. The Morgan fingerprint density at radius 1 is 1.11 bits per heavy atom. The van der Waals surface area contributed by atoms with Gasteiger partial charge in [0.25, 0.3) is 12.2 Å². The fraction of sp³-hybridized carbons (Fsp3) is 0.424. The van der Waals surface area contributed by atoms with Crippen LogP contribution in [0.25, 0.3) is 11.0 Å². The molecular formula is C33H35ClN6O5S. The predicted molar refractivity (Wildman–Crippen MR) is 174 cm³/mol. The van der Waals surface area contributed by atoms with Crippen molar-refractivity contribution in [3.05, 3.63) is 76.8 Å². The van der Waals surface area contributed by atoms with Gasteiger partial charge in [-0.15, -0.1) is 0 Å². The van der Waals surface area contributed by atoms with Crippen LogP contribution >= 0.6 is 11.6 Å². The van der Waals surface area contributed by atoms with Crippen LogP contribution in [-0.2, 0) is 27.2 Å². The maximum Gasteiger partial charge on any atom is 0.284 e. The van der Waals surface area contributed by atoms with Gasteiger partial charge in [0, 0.05) is 17.2 Å². The highest BCUT2D eigenvalue weighted by atomic mass is 35.5. The Balaban J connectivity index is 1.02. The van der Waals surface area contributed by atoms with Crippen LogP contribution in [0.3, 0.4) is 0 Å². The molecule has 0 saturated carbocycles. The van der Waals surface area contributed by atoms with Crippen molar-refractivity contribution in [3.8, 4) is 11.5 Å². The second kappa shape index (κ2) is 11.5. The minimum absolute atomic E-state index is 0.0621. The van der Waals surface area contributed by atoms with E-state index in [1.54, 1.807) is 16.6 Å². The zero-order valence-corrected chi connectivity index (χ0v) is 27.2. The van der Waals surface area contributed by atoms with Crippen LogP contribution in [0.5, 0.6) is 11.5 Å². The lowest BCUT2D eigenvalue weighted by molar-refractivity contribution is -0.117. The number of piperidine rings is 1. The molecule has 3 unspecified atom stereocenters. The highest BCUT2D eigenvalue weighted by molar-refractivity contribution is 7.85. The fourth-order valence-corrected chi connectivity index (χ4v) is 8.08. The van der Waals surface area contributed by atoms with Gasteiger partial charge in [-0.2, -0.15) is 0 Å². The Labute approximate surface area is 274 Å². The first-order valence-corrected chi connectivity index (χ1v) is 17.1. The second-order valence-electron chi connectivity index (χ2n) is 13.1. The van der Waals surface area contributed by atoms with Crippen molar-refractivity contribution in [1.82, 2.24) is 24.2 Å². The standard InChI is InChI=1S/C33H35ClN6O5S/c1-33(2)19-43-18-28(33)40-26-14-22(39-17-30(41)37-46(39)42)7-9-24(26)36-29(40)16-38-12-10-20(11-13-38)23-4-3-5-27-31(23)45-32(44-27)25-8-6-21(34)15-35-25/h3-9,14-15,20,28,32H,10-13,16-19H2,1-2H3,(H,37,41). The van der Waals surface area contributed by atoms with E-state index >= 15 is 0 Å². The summed E-state index contributed by atoms with van der Waals surface area (Å²) in [5.74, 6) is 2.63. The SMILES string of the molecule is CC1(C)COCC1n1c(CN2CCC(c3cccc4c3OC(c3ccc(Cl)cn3)O4)CC2)nc2ccc(N3CC(=O)NS3=O)cc21. The first-order valence-electron chi connectivity index (χ1n) is 15.6. The molecule has 2 aromatic carbocycles. The molecule has 2 aromatic heterocycles. The van der Waals surface area contributed by atoms with E-state index in [1.807, 2.05) is 36.4 Å². The third-order valence-corrected chi connectivity index (χ3v) is 10.9. The zero-order chi connectivity index (χ0) is 31.6. The molecule has 0 spiro atoms. The van der Waals surface area contributed by atoms with Crippen molar-refractivity contribution in [2.24, 2.45) is 5.41 Å². The van der Waals surface area contributed by atoms with Gasteiger partial charge in [-0.1, -0.05) is 37.6 Å². The van der Waals surface area contributed by atoms with E-state index in [0.717, 1.165) is 60.0 Å². The summed E-state index contributed by atoms with van der Waals surface area (Å²) in [7, 11) is 0. The van der Waals surface area contributed by atoms with Gasteiger partial charge >= 0.3 is 0 Å². The number of para-hydroxylation sites is 1. The van der Waals surface area contributed by atoms with Gasteiger partial charge in [-0.3, -0.25) is 23.7 Å². The number of nitrogens with zero attached hydrogens (tertiary/aromatic N) is 5. The zero-order valence-electron chi connectivity index (χ0n) is 25.6. The average Bonchev–Trinajstić information content (AvgIpc) is 3.80. The average molecular weight is 663 g/mol. The fourth-order valence-electron chi connectivity index (χ4n) is 7.06. The number of carbonyl (C=O) groups is 1. The summed E-state index contributed by atoms with van der Waals surface area (Å²) in [5.41, 5.74) is 4.34. The molecule has 46 heavy (non-hydrogen) atoms. The summed E-state index contributed by atoms with van der Waals surface area (Å²) in [5, 5.41) is 0.572. The molecular weight excluding hydrogens is 628 g/mol. The number of hydrogen-bond donors (Lipinski definition) is 1. The largest absolute Gasteiger partial charge is 0.445 e. The number of imidazole rings is 1. The minimum atomic E-state index is -1.59.